The van der Waals surface area contributed by atoms with Crippen molar-refractivity contribution >= 4 is 11.5 Å². The van der Waals surface area contributed by atoms with Gasteiger partial charge in [0.15, 0.2) is 0 Å². The maximum absolute atomic E-state index is 8.63. The van der Waals surface area contributed by atoms with Crippen LogP contribution in [0.15, 0.2) is 35.7 Å². The number of nitrogens with two attached hydrogens (primary N) is 1. The smallest absolute Gasteiger partial charge is 0.143 e. The fourth-order valence-electron chi connectivity index (χ4n) is 2.06. The Kier molecular flexibility index (Phi) is 4.01. The van der Waals surface area contributed by atoms with Gasteiger partial charge < -0.3 is 15.3 Å². The van der Waals surface area contributed by atoms with Gasteiger partial charge >= 0.3 is 0 Å². The summed E-state index contributed by atoms with van der Waals surface area (Å²) in [6.07, 6.45) is 3.99. The van der Waals surface area contributed by atoms with E-state index in [0.717, 1.165) is 17.9 Å². The minimum absolute atomic E-state index is 0.00651. The van der Waals surface area contributed by atoms with Crippen LogP contribution in [0.3, 0.4) is 0 Å². The summed E-state index contributed by atoms with van der Waals surface area (Å²) in [5.41, 5.74) is 7.51. The van der Waals surface area contributed by atoms with E-state index < -0.39 is 0 Å². The second-order valence-corrected chi connectivity index (χ2v) is 4.82. The molecule has 0 radical (unpaired) electrons. The molecule has 6 nitrogen and oxygen atoms in total. The molecule has 0 aliphatic heterocycles. The number of nitrogens with zero attached hydrogens (tertiary/aromatic N) is 4. The summed E-state index contributed by atoms with van der Waals surface area (Å²) in [6, 6.07) is 5.92. The van der Waals surface area contributed by atoms with Gasteiger partial charge in [-0.2, -0.15) is 0 Å². The van der Waals surface area contributed by atoms with Crippen molar-refractivity contribution in [1.82, 2.24) is 14.3 Å². The van der Waals surface area contributed by atoms with E-state index in [1.54, 1.807) is 0 Å². The van der Waals surface area contributed by atoms with E-state index in [-0.39, 0.29) is 11.8 Å². The molecule has 0 amide bonds. The molecule has 19 heavy (non-hydrogen) atoms. The number of amidine groups is 1. The summed E-state index contributed by atoms with van der Waals surface area (Å²) in [5.74, 6) is 0.258. The summed E-state index contributed by atoms with van der Waals surface area (Å²) in [5, 5.41) is 11.7. The molecule has 2 rings (SSSR count). The van der Waals surface area contributed by atoms with Crippen molar-refractivity contribution in [3.05, 3.63) is 36.3 Å². The van der Waals surface area contributed by atoms with Crippen LogP contribution in [-0.2, 0) is 6.54 Å². The molecule has 102 valence electrons. The standard InChI is InChI=1S/C13H19N5O/c1-10(13(14)16-19)7-17(2)8-11-9-18-6-4-3-5-12(18)15-11/h3-6,9-10,19H,7-8H2,1-2H3,(H2,14,16). The fourth-order valence-corrected chi connectivity index (χ4v) is 2.06. The summed E-state index contributed by atoms with van der Waals surface area (Å²) < 4.78 is 2.00. The molecule has 6 heteroatoms. The van der Waals surface area contributed by atoms with Gasteiger partial charge in [0.25, 0.3) is 0 Å². The van der Waals surface area contributed by atoms with Crippen LogP contribution in [0.5, 0.6) is 0 Å². The molecule has 0 aliphatic rings. The number of oxime groups is 1. The topological polar surface area (TPSA) is 79.2 Å². The number of aromatic nitrogens is 2. The average Bonchev–Trinajstić information content (AvgIpc) is 2.79. The third-order valence-electron chi connectivity index (χ3n) is 3.05. The Balaban J connectivity index is 2.00. The van der Waals surface area contributed by atoms with Gasteiger partial charge in [0.2, 0.25) is 0 Å². The third-order valence-corrected chi connectivity index (χ3v) is 3.05. The van der Waals surface area contributed by atoms with E-state index in [4.69, 9.17) is 10.9 Å². The van der Waals surface area contributed by atoms with Gasteiger partial charge in [-0.05, 0) is 19.2 Å². The van der Waals surface area contributed by atoms with Crippen molar-refractivity contribution in [2.24, 2.45) is 16.8 Å². The predicted octanol–water partition coefficient (Wildman–Crippen LogP) is 1.15. The lowest BCUT2D eigenvalue weighted by atomic mass is 10.1. The molecule has 0 saturated carbocycles. The molecule has 0 saturated heterocycles. The average molecular weight is 261 g/mol. The van der Waals surface area contributed by atoms with Crippen LogP contribution in [0.1, 0.15) is 12.6 Å². The molecule has 0 aromatic carbocycles. The van der Waals surface area contributed by atoms with Crippen molar-refractivity contribution in [1.29, 1.82) is 0 Å². The maximum Gasteiger partial charge on any atom is 0.143 e. The lowest BCUT2D eigenvalue weighted by Crippen LogP contribution is -2.32. The molecule has 3 N–H and O–H groups in total. The predicted molar refractivity (Wildman–Crippen MR) is 74.1 cm³/mol. The van der Waals surface area contributed by atoms with Gasteiger partial charge in [-0.25, -0.2) is 4.98 Å². The van der Waals surface area contributed by atoms with Gasteiger partial charge in [-0.3, -0.25) is 4.90 Å². The van der Waals surface area contributed by atoms with Crippen LogP contribution in [0, 0.1) is 5.92 Å². The maximum atomic E-state index is 8.63. The Hall–Kier alpha value is -2.08. The van der Waals surface area contributed by atoms with Crippen LogP contribution in [-0.4, -0.2) is 38.9 Å². The number of hydrogen-bond donors (Lipinski definition) is 2. The van der Waals surface area contributed by atoms with Gasteiger partial charge in [0.1, 0.15) is 11.5 Å². The summed E-state index contributed by atoms with van der Waals surface area (Å²) in [4.78, 5) is 6.64. The molecular formula is C13H19N5O. The molecule has 2 heterocycles. The lowest BCUT2D eigenvalue weighted by molar-refractivity contribution is 0.289. The number of rotatable bonds is 5. The Morgan fingerprint density at radius 3 is 3.05 bits per heavy atom. The molecule has 1 unspecified atom stereocenters. The van der Waals surface area contributed by atoms with Gasteiger partial charge in [0.05, 0.1) is 5.69 Å². The number of imidazole rings is 1. The normalized spacial score (nSPS) is 14.2. The fraction of sp³-hybridized carbons (Fsp3) is 0.385. The molecule has 0 spiro atoms. The van der Waals surface area contributed by atoms with E-state index in [9.17, 15) is 0 Å². The van der Waals surface area contributed by atoms with Crippen LogP contribution in [0.25, 0.3) is 5.65 Å². The number of pyridine rings is 1. The molecule has 0 fully saturated rings. The summed E-state index contributed by atoms with van der Waals surface area (Å²) in [6.45, 7) is 3.36. The zero-order valence-corrected chi connectivity index (χ0v) is 11.2. The van der Waals surface area contributed by atoms with Crippen molar-refractivity contribution < 1.29 is 5.21 Å². The van der Waals surface area contributed by atoms with Gasteiger partial charge in [-0.1, -0.05) is 18.1 Å². The second kappa shape index (κ2) is 5.71. The van der Waals surface area contributed by atoms with Crippen molar-refractivity contribution in [2.75, 3.05) is 13.6 Å². The first-order valence-electron chi connectivity index (χ1n) is 6.18. The first-order chi connectivity index (χ1) is 9.10. The van der Waals surface area contributed by atoms with E-state index >= 15 is 0 Å². The molecule has 0 bridgehead atoms. The largest absolute Gasteiger partial charge is 0.409 e. The first kappa shape index (κ1) is 13.4. The van der Waals surface area contributed by atoms with Crippen LogP contribution < -0.4 is 5.73 Å². The lowest BCUT2D eigenvalue weighted by Gasteiger charge is -2.19. The van der Waals surface area contributed by atoms with Gasteiger partial charge in [-0.15, -0.1) is 0 Å². The van der Waals surface area contributed by atoms with Crippen molar-refractivity contribution in [3.63, 3.8) is 0 Å². The van der Waals surface area contributed by atoms with E-state index in [2.05, 4.69) is 15.0 Å². The zero-order chi connectivity index (χ0) is 13.8. The monoisotopic (exact) mass is 261 g/mol. The quantitative estimate of drug-likeness (QED) is 0.366. The third kappa shape index (κ3) is 3.23. The van der Waals surface area contributed by atoms with Crippen molar-refractivity contribution in [2.45, 2.75) is 13.5 Å². The Labute approximate surface area is 112 Å². The number of fused-ring (bicyclic) bond motifs is 1. The summed E-state index contributed by atoms with van der Waals surface area (Å²) in [7, 11) is 1.99. The Morgan fingerprint density at radius 2 is 2.37 bits per heavy atom. The molecule has 2 aromatic rings. The minimum atomic E-state index is 0.00651. The SMILES string of the molecule is CC(CN(C)Cc1cn2ccccc2n1)/C(N)=N/O. The highest BCUT2D eigenvalue weighted by atomic mass is 16.4. The Bertz CT molecular complexity index is 544. The first-order valence-corrected chi connectivity index (χ1v) is 6.18. The summed E-state index contributed by atoms with van der Waals surface area (Å²) >= 11 is 0. The van der Waals surface area contributed by atoms with Gasteiger partial charge in [0, 0.05) is 31.4 Å². The van der Waals surface area contributed by atoms with E-state index in [0.29, 0.717) is 6.54 Å². The minimum Gasteiger partial charge on any atom is -0.409 e. The second-order valence-electron chi connectivity index (χ2n) is 4.82. The number of hydrogen-bond acceptors (Lipinski definition) is 4. The highest BCUT2D eigenvalue weighted by Crippen LogP contribution is 2.08. The van der Waals surface area contributed by atoms with Crippen LogP contribution in [0.2, 0.25) is 0 Å². The molecule has 1 atom stereocenters. The zero-order valence-electron chi connectivity index (χ0n) is 11.2. The van der Waals surface area contributed by atoms with Crippen LogP contribution >= 0.6 is 0 Å². The molecular weight excluding hydrogens is 242 g/mol. The van der Waals surface area contributed by atoms with Crippen molar-refractivity contribution in [3.8, 4) is 0 Å². The molecule has 0 aliphatic carbocycles. The van der Waals surface area contributed by atoms with E-state index in [1.807, 2.05) is 49.0 Å². The van der Waals surface area contributed by atoms with Crippen LogP contribution in [0.4, 0.5) is 0 Å². The Morgan fingerprint density at radius 1 is 1.58 bits per heavy atom. The highest BCUT2D eigenvalue weighted by molar-refractivity contribution is 5.82. The molecule has 2 aromatic heterocycles. The van der Waals surface area contributed by atoms with E-state index in [1.165, 1.54) is 0 Å². The highest BCUT2D eigenvalue weighted by Gasteiger charge is 2.12.